The highest BCUT2D eigenvalue weighted by Gasteiger charge is 2.18. The highest BCUT2D eigenvalue weighted by Crippen LogP contribution is 2.09. The Morgan fingerprint density at radius 1 is 1.57 bits per heavy atom. The van der Waals surface area contributed by atoms with E-state index in [0.717, 1.165) is 25.0 Å². The third-order valence-corrected chi connectivity index (χ3v) is 4.07. The number of hydrogen-bond acceptors (Lipinski definition) is 3. The second kappa shape index (κ2) is 7.97. The fourth-order valence-electron chi connectivity index (χ4n) is 1.61. The highest BCUT2D eigenvalue weighted by atomic mass is 79.9. The van der Waals surface area contributed by atoms with Gasteiger partial charge in [0.1, 0.15) is 0 Å². The van der Waals surface area contributed by atoms with Gasteiger partial charge in [0.05, 0.1) is 12.7 Å². The Hall–Kier alpha value is 0.750. The van der Waals surface area contributed by atoms with Crippen molar-refractivity contribution in [2.75, 3.05) is 43.1 Å². The molecular weight excluding hydrogens is 262 g/mol. The van der Waals surface area contributed by atoms with Crippen molar-refractivity contribution in [3.05, 3.63) is 0 Å². The van der Waals surface area contributed by atoms with Gasteiger partial charge < -0.3 is 4.74 Å². The third kappa shape index (κ3) is 5.01. The van der Waals surface area contributed by atoms with E-state index in [0.29, 0.717) is 6.10 Å². The first-order valence-electron chi connectivity index (χ1n) is 5.34. The van der Waals surface area contributed by atoms with Crippen LogP contribution in [0.1, 0.15) is 13.3 Å². The molecule has 0 aromatic carbocycles. The standard InChI is InChI=1S/C10H20BrNOS/c1-2-14-7-3-4-12-5-6-13-10(8-11)9-12/h10H,2-9H2,1H3. The first-order valence-corrected chi connectivity index (χ1v) is 7.62. The molecule has 14 heavy (non-hydrogen) atoms. The van der Waals surface area contributed by atoms with Gasteiger partial charge in [0.15, 0.2) is 0 Å². The van der Waals surface area contributed by atoms with Crippen LogP contribution in [0.15, 0.2) is 0 Å². The molecule has 1 aliphatic heterocycles. The maximum absolute atomic E-state index is 5.59. The molecule has 0 spiro atoms. The van der Waals surface area contributed by atoms with E-state index in [-0.39, 0.29) is 0 Å². The normalized spacial score (nSPS) is 24.0. The SMILES string of the molecule is CCSCCCN1CCOC(CBr)C1. The van der Waals surface area contributed by atoms with Crippen LogP contribution >= 0.6 is 27.7 Å². The van der Waals surface area contributed by atoms with Gasteiger partial charge in [-0.25, -0.2) is 0 Å². The van der Waals surface area contributed by atoms with Gasteiger partial charge in [-0.3, -0.25) is 4.90 Å². The first-order chi connectivity index (χ1) is 6.86. The van der Waals surface area contributed by atoms with Crippen molar-refractivity contribution in [2.24, 2.45) is 0 Å². The lowest BCUT2D eigenvalue weighted by Crippen LogP contribution is -2.43. The van der Waals surface area contributed by atoms with E-state index >= 15 is 0 Å². The zero-order valence-corrected chi connectivity index (χ0v) is 11.3. The predicted molar refractivity (Wildman–Crippen MR) is 67.6 cm³/mol. The van der Waals surface area contributed by atoms with Gasteiger partial charge >= 0.3 is 0 Å². The number of ether oxygens (including phenoxy) is 1. The van der Waals surface area contributed by atoms with E-state index in [9.17, 15) is 0 Å². The quantitative estimate of drug-likeness (QED) is 0.547. The fraction of sp³-hybridized carbons (Fsp3) is 1.00. The number of nitrogens with zero attached hydrogens (tertiary/aromatic N) is 1. The summed E-state index contributed by atoms with van der Waals surface area (Å²) in [5.41, 5.74) is 0. The molecule has 0 aromatic heterocycles. The molecule has 84 valence electrons. The molecule has 1 fully saturated rings. The molecule has 0 saturated carbocycles. The van der Waals surface area contributed by atoms with Gasteiger partial charge in [-0.15, -0.1) is 0 Å². The Bertz CT molecular complexity index is 148. The van der Waals surface area contributed by atoms with E-state index < -0.39 is 0 Å². The van der Waals surface area contributed by atoms with Gasteiger partial charge in [-0.1, -0.05) is 22.9 Å². The lowest BCUT2D eigenvalue weighted by Gasteiger charge is -2.31. The average molecular weight is 282 g/mol. The van der Waals surface area contributed by atoms with Crippen LogP contribution in [-0.4, -0.2) is 54.1 Å². The minimum Gasteiger partial charge on any atom is -0.375 e. The Kier molecular flexibility index (Phi) is 7.29. The Balaban J connectivity index is 2.05. The van der Waals surface area contributed by atoms with Crippen molar-refractivity contribution in [3.63, 3.8) is 0 Å². The molecule has 0 bridgehead atoms. The van der Waals surface area contributed by atoms with Crippen molar-refractivity contribution in [2.45, 2.75) is 19.4 Å². The van der Waals surface area contributed by atoms with Crippen LogP contribution in [0.4, 0.5) is 0 Å². The lowest BCUT2D eigenvalue weighted by atomic mass is 10.3. The lowest BCUT2D eigenvalue weighted by molar-refractivity contribution is -0.0148. The van der Waals surface area contributed by atoms with E-state index in [2.05, 4.69) is 27.8 Å². The van der Waals surface area contributed by atoms with Crippen LogP contribution in [-0.2, 0) is 4.74 Å². The predicted octanol–water partition coefficient (Wildman–Crippen LogP) is 2.23. The van der Waals surface area contributed by atoms with Crippen molar-refractivity contribution in [1.82, 2.24) is 4.90 Å². The highest BCUT2D eigenvalue weighted by molar-refractivity contribution is 9.09. The second-order valence-corrected chi connectivity index (χ2v) is 5.54. The van der Waals surface area contributed by atoms with E-state index in [1.54, 1.807) is 0 Å². The fourth-order valence-corrected chi connectivity index (χ4v) is 2.62. The van der Waals surface area contributed by atoms with Gasteiger partial charge in [-0.05, 0) is 24.5 Å². The summed E-state index contributed by atoms with van der Waals surface area (Å²) in [4.78, 5) is 2.52. The Labute approximate surface area is 99.9 Å². The summed E-state index contributed by atoms with van der Waals surface area (Å²) in [6, 6.07) is 0. The molecule has 1 unspecified atom stereocenters. The van der Waals surface area contributed by atoms with Crippen LogP contribution in [0, 0.1) is 0 Å². The maximum atomic E-state index is 5.59. The molecule has 1 atom stereocenters. The molecule has 1 heterocycles. The molecule has 0 amide bonds. The maximum Gasteiger partial charge on any atom is 0.0799 e. The van der Waals surface area contributed by atoms with Crippen molar-refractivity contribution >= 4 is 27.7 Å². The number of rotatable bonds is 6. The van der Waals surface area contributed by atoms with Crippen LogP contribution in [0.25, 0.3) is 0 Å². The van der Waals surface area contributed by atoms with Gasteiger partial charge in [-0.2, -0.15) is 11.8 Å². The van der Waals surface area contributed by atoms with Gasteiger partial charge in [0.25, 0.3) is 0 Å². The van der Waals surface area contributed by atoms with Crippen molar-refractivity contribution in [3.8, 4) is 0 Å². The summed E-state index contributed by atoms with van der Waals surface area (Å²) in [6.07, 6.45) is 1.72. The summed E-state index contributed by atoms with van der Waals surface area (Å²) in [6.45, 7) is 6.57. The van der Waals surface area contributed by atoms with Crippen LogP contribution in [0.3, 0.4) is 0 Å². The molecule has 0 aromatic rings. The van der Waals surface area contributed by atoms with Crippen LogP contribution in [0.5, 0.6) is 0 Å². The number of alkyl halides is 1. The van der Waals surface area contributed by atoms with Crippen molar-refractivity contribution in [1.29, 1.82) is 0 Å². The minimum absolute atomic E-state index is 0.405. The smallest absolute Gasteiger partial charge is 0.0799 e. The van der Waals surface area contributed by atoms with E-state index in [4.69, 9.17) is 4.74 Å². The molecule has 1 aliphatic rings. The molecule has 0 aliphatic carbocycles. The zero-order chi connectivity index (χ0) is 10.2. The van der Waals surface area contributed by atoms with Crippen LogP contribution in [0.2, 0.25) is 0 Å². The molecule has 1 saturated heterocycles. The molecule has 0 N–H and O–H groups in total. The number of morpholine rings is 1. The summed E-state index contributed by atoms with van der Waals surface area (Å²) in [5, 5.41) is 0.965. The van der Waals surface area contributed by atoms with E-state index in [1.807, 2.05) is 11.8 Å². The zero-order valence-electron chi connectivity index (χ0n) is 8.88. The monoisotopic (exact) mass is 281 g/mol. The third-order valence-electron chi connectivity index (χ3n) is 2.36. The van der Waals surface area contributed by atoms with Gasteiger partial charge in [0, 0.05) is 18.4 Å². The summed E-state index contributed by atoms with van der Waals surface area (Å²) in [7, 11) is 0. The summed E-state index contributed by atoms with van der Waals surface area (Å²) < 4.78 is 5.59. The van der Waals surface area contributed by atoms with Crippen molar-refractivity contribution < 1.29 is 4.74 Å². The minimum atomic E-state index is 0.405. The average Bonchev–Trinajstić information content (AvgIpc) is 2.25. The number of halogens is 1. The Morgan fingerprint density at radius 3 is 3.14 bits per heavy atom. The largest absolute Gasteiger partial charge is 0.375 e. The molecule has 4 heteroatoms. The first kappa shape index (κ1) is 12.8. The van der Waals surface area contributed by atoms with Crippen LogP contribution < -0.4 is 0 Å². The molecule has 0 radical (unpaired) electrons. The molecule has 2 nitrogen and oxygen atoms in total. The summed E-state index contributed by atoms with van der Waals surface area (Å²) in [5.74, 6) is 2.54. The topological polar surface area (TPSA) is 12.5 Å². The number of hydrogen-bond donors (Lipinski definition) is 0. The van der Waals surface area contributed by atoms with E-state index in [1.165, 1.54) is 24.5 Å². The molecular formula is C10H20BrNOS. The van der Waals surface area contributed by atoms with Gasteiger partial charge in [0.2, 0.25) is 0 Å². The summed E-state index contributed by atoms with van der Waals surface area (Å²) >= 11 is 5.51. The second-order valence-electron chi connectivity index (χ2n) is 3.50. The molecule has 1 rings (SSSR count). The Morgan fingerprint density at radius 2 is 2.43 bits per heavy atom. The number of thioether (sulfide) groups is 1.